The molecule has 1 aromatic heterocycles. The van der Waals surface area contributed by atoms with Gasteiger partial charge in [-0.15, -0.1) is 0 Å². The number of aromatic nitrogens is 2. The van der Waals surface area contributed by atoms with Gasteiger partial charge in [0.15, 0.2) is 0 Å². The first-order valence-electron chi connectivity index (χ1n) is 10.7. The topological polar surface area (TPSA) is 58.4 Å². The Kier molecular flexibility index (Phi) is 5.93. The Morgan fingerprint density at radius 2 is 1.39 bits per heavy atom. The van der Waals surface area contributed by atoms with Crippen LogP contribution in [0.15, 0.2) is 96.0 Å². The molecule has 1 fully saturated rings. The SMILES string of the molecule is O=S(=O)(c1cn(-c2ccccc2)nc1-c1ccccc1)N1CCN(c2cccc(Cl)c2)CC1. The molecule has 5 rings (SSSR count). The second-order valence-corrected chi connectivity index (χ2v) is 10.2. The van der Waals surface area contributed by atoms with Gasteiger partial charge in [0.25, 0.3) is 0 Å². The van der Waals surface area contributed by atoms with Crippen LogP contribution < -0.4 is 4.90 Å². The predicted octanol–water partition coefficient (Wildman–Crippen LogP) is 4.70. The number of sulfonamides is 1. The molecular formula is C25H23ClN4O2S. The molecule has 1 aliphatic rings. The lowest BCUT2D eigenvalue weighted by Gasteiger charge is -2.35. The van der Waals surface area contributed by atoms with Gasteiger partial charge in [-0.3, -0.25) is 0 Å². The summed E-state index contributed by atoms with van der Waals surface area (Å²) in [6.45, 7) is 1.96. The lowest BCUT2D eigenvalue weighted by Crippen LogP contribution is -2.48. The van der Waals surface area contributed by atoms with E-state index < -0.39 is 10.0 Å². The van der Waals surface area contributed by atoms with E-state index in [9.17, 15) is 8.42 Å². The van der Waals surface area contributed by atoms with E-state index >= 15 is 0 Å². The number of para-hydroxylation sites is 1. The van der Waals surface area contributed by atoms with E-state index in [0.717, 1.165) is 16.9 Å². The van der Waals surface area contributed by atoms with E-state index in [4.69, 9.17) is 11.6 Å². The molecule has 6 nitrogen and oxygen atoms in total. The van der Waals surface area contributed by atoms with Gasteiger partial charge in [-0.05, 0) is 30.3 Å². The van der Waals surface area contributed by atoms with Crippen LogP contribution in [-0.2, 0) is 10.0 Å². The quantitative estimate of drug-likeness (QED) is 0.417. The molecule has 168 valence electrons. The second-order valence-electron chi connectivity index (χ2n) is 7.86. The average molecular weight is 479 g/mol. The minimum Gasteiger partial charge on any atom is -0.369 e. The van der Waals surface area contributed by atoms with Crippen LogP contribution in [0.25, 0.3) is 16.9 Å². The van der Waals surface area contributed by atoms with E-state index in [1.165, 1.54) is 0 Å². The van der Waals surface area contributed by atoms with E-state index in [1.807, 2.05) is 84.9 Å². The summed E-state index contributed by atoms with van der Waals surface area (Å²) in [7, 11) is -3.74. The highest BCUT2D eigenvalue weighted by Gasteiger charge is 2.33. The third-order valence-electron chi connectivity index (χ3n) is 5.78. The molecule has 3 aromatic carbocycles. The summed E-state index contributed by atoms with van der Waals surface area (Å²) in [5.41, 5.74) is 3.03. The van der Waals surface area contributed by atoms with Crippen LogP contribution in [0, 0.1) is 0 Å². The monoisotopic (exact) mass is 478 g/mol. The van der Waals surface area contributed by atoms with Crippen molar-refractivity contribution in [2.75, 3.05) is 31.1 Å². The van der Waals surface area contributed by atoms with Crippen molar-refractivity contribution in [3.63, 3.8) is 0 Å². The van der Waals surface area contributed by atoms with E-state index in [0.29, 0.717) is 36.9 Å². The molecule has 0 amide bonds. The maximum Gasteiger partial charge on any atom is 0.246 e. The van der Waals surface area contributed by atoms with Gasteiger partial charge in [0.1, 0.15) is 10.6 Å². The molecule has 0 radical (unpaired) electrons. The van der Waals surface area contributed by atoms with Gasteiger partial charge in [-0.1, -0.05) is 66.2 Å². The van der Waals surface area contributed by atoms with Crippen LogP contribution >= 0.6 is 11.6 Å². The fourth-order valence-corrected chi connectivity index (χ4v) is 5.80. The summed E-state index contributed by atoms with van der Waals surface area (Å²) in [6.07, 6.45) is 1.62. The highest BCUT2D eigenvalue weighted by molar-refractivity contribution is 7.89. The second kappa shape index (κ2) is 9.02. The van der Waals surface area contributed by atoms with E-state index in [-0.39, 0.29) is 4.90 Å². The van der Waals surface area contributed by atoms with E-state index in [1.54, 1.807) is 15.2 Å². The Balaban J connectivity index is 1.47. The normalized spacial score (nSPS) is 15.0. The number of hydrogen-bond donors (Lipinski definition) is 0. The molecule has 0 aliphatic carbocycles. The Bertz CT molecular complexity index is 1350. The first-order chi connectivity index (χ1) is 16.0. The summed E-state index contributed by atoms with van der Waals surface area (Å²) >= 11 is 6.13. The van der Waals surface area contributed by atoms with Crippen molar-refractivity contribution < 1.29 is 8.42 Å². The molecule has 2 heterocycles. The zero-order valence-corrected chi connectivity index (χ0v) is 19.5. The van der Waals surface area contributed by atoms with Crippen LogP contribution in [0.5, 0.6) is 0 Å². The van der Waals surface area contributed by atoms with Gasteiger partial charge >= 0.3 is 0 Å². The molecular weight excluding hydrogens is 456 g/mol. The Labute approximate surface area is 198 Å². The molecule has 4 aromatic rings. The zero-order valence-electron chi connectivity index (χ0n) is 17.9. The number of hydrogen-bond acceptors (Lipinski definition) is 4. The van der Waals surface area contributed by atoms with Gasteiger partial charge in [-0.25, -0.2) is 13.1 Å². The van der Waals surface area contributed by atoms with Gasteiger partial charge in [0.05, 0.1) is 11.9 Å². The summed E-state index contributed by atoms with van der Waals surface area (Å²) in [4.78, 5) is 2.37. The lowest BCUT2D eigenvalue weighted by atomic mass is 10.2. The number of anilines is 1. The van der Waals surface area contributed by atoms with Crippen LogP contribution in [0.3, 0.4) is 0 Å². The highest BCUT2D eigenvalue weighted by Crippen LogP contribution is 2.30. The summed E-state index contributed by atoms with van der Waals surface area (Å²) in [5, 5.41) is 5.34. The first kappa shape index (κ1) is 21.7. The number of rotatable bonds is 5. The number of halogens is 1. The highest BCUT2D eigenvalue weighted by atomic mass is 35.5. The molecule has 0 unspecified atom stereocenters. The maximum absolute atomic E-state index is 13.8. The van der Waals surface area contributed by atoms with Crippen LogP contribution in [0.4, 0.5) is 5.69 Å². The minimum atomic E-state index is -3.74. The first-order valence-corrected chi connectivity index (χ1v) is 12.6. The van der Waals surface area contributed by atoms with Crippen molar-refractivity contribution in [3.8, 4) is 16.9 Å². The Morgan fingerprint density at radius 1 is 0.758 bits per heavy atom. The predicted molar refractivity (Wildman–Crippen MR) is 131 cm³/mol. The minimum absolute atomic E-state index is 0.216. The van der Waals surface area contributed by atoms with Crippen molar-refractivity contribution in [2.24, 2.45) is 0 Å². The lowest BCUT2D eigenvalue weighted by molar-refractivity contribution is 0.385. The Morgan fingerprint density at radius 3 is 2.06 bits per heavy atom. The van der Waals surface area contributed by atoms with Crippen LogP contribution in [0.1, 0.15) is 0 Å². The fourth-order valence-electron chi connectivity index (χ4n) is 4.05. The van der Waals surface area contributed by atoms with Crippen LogP contribution in [0.2, 0.25) is 5.02 Å². The Hall–Kier alpha value is -3.13. The van der Waals surface area contributed by atoms with Crippen molar-refractivity contribution >= 4 is 27.3 Å². The summed E-state index contributed by atoms with van der Waals surface area (Å²) in [5.74, 6) is 0. The average Bonchev–Trinajstić information content (AvgIpc) is 3.32. The van der Waals surface area contributed by atoms with Crippen LogP contribution in [-0.4, -0.2) is 48.7 Å². The smallest absolute Gasteiger partial charge is 0.246 e. The molecule has 33 heavy (non-hydrogen) atoms. The molecule has 0 N–H and O–H groups in total. The molecule has 0 saturated carbocycles. The van der Waals surface area contributed by atoms with E-state index in [2.05, 4.69) is 10.00 Å². The largest absolute Gasteiger partial charge is 0.369 e. The number of piperazine rings is 1. The molecule has 0 spiro atoms. The van der Waals surface area contributed by atoms with Crippen molar-refractivity contribution in [1.82, 2.24) is 14.1 Å². The molecule has 0 bridgehead atoms. The summed E-state index contributed by atoms with van der Waals surface area (Å²) < 4.78 is 30.7. The third-order valence-corrected chi connectivity index (χ3v) is 7.91. The van der Waals surface area contributed by atoms with Gasteiger partial charge in [0, 0.05) is 42.5 Å². The number of benzene rings is 3. The van der Waals surface area contributed by atoms with Crippen molar-refractivity contribution in [2.45, 2.75) is 4.90 Å². The molecule has 1 aliphatic heterocycles. The van der Waals surface area contributed by atoms with Gasteiger partial charge < -0.3 is 4.90 Å². The maximum atomic E-state index is 13.8. The molecule has 8 heteroatoms. The standard InChI is InChI=1S/C25H23ClN4O2S/c26-21-10-7-13-23(18-21)28-14-16-29(17-15-28)33(31,32)24-19-30(22-11-5-2-6-12-22)27-25(24)20-8-3-1-4-9-20/h1-13,18-19H,14-17H2. The van der Waals surface area contributed by atoms with Crippen molar-refractivity contribution in [1.29, 1.82) is 0 Å². The zero-order chi connectivity index (χ0) is 22.8. The third kappa shape index (κ3) is 4.39. The molecule has 0 atom stereocenters. The van der Waals surface area contributed by atoms with Gasteiger partial charge in [0.2, 0.25) is 10.0 Å². The van der Waals surface area contributed by atoms with Crippen molar-refractivity contribution in [3.05, 3.63) is 96.1 Å². The number of nitrogens with zero attached hydrogens (tertiary/aromatic N) is 4. The fraction of sp³-hybridized carbons (Fsp3) is 0.160. The summed E-state index contributed by atoms with van der Waals surface area (Å²) in [6, 6.07) is 26.6. The molecule has 1 saturated heterocycles. The van der Waals surface area contributed by atoms with Gasteiger partial charge in [-0.2, -0.15) is 9.40 Å².